The number of ether oxygens (including phenoxy) is 2. The number of methoxy groups -OCH3 is 2. The van der Waals surface area contributed by atoms with E-state index in [-0.39, 0.29) is 5.91 Å². The van der Waals surface area contributed by atoms with Crippen LogP contribution in [0, 0.1) is 0 Å². The lowest BCUT2D eigenvalue weighted by atomic mass is 9.95. The first-order valence-electron chi connectivity index (χ1n) is 9.41. The minimum Gasteiger partial charge on any atom is -0.493 e. The average Bonchev–Trinajstić information content (AvgIpc) is 2.73. The van der Waals surface area contributed by atoms with E-state index in [4.69, 9.17) is 9.47 Å². The molecule has 6 nitrogen and oxygen atoms in total. The minimum atomic E-state index is -0.0409. The Morgan fingerprint density at radius 2 is 1.85 bits per heavy atom. The van der Waals surface area contributed by atoms with Gasteiger partial charge in [-0.2, -0.15) is 0 Å². The van der Waals surface area contributed by atoms with E-state index in [0.29, 0.717) is 29.6 Å². The van der Waals surface area contributed by atoms with Gasteiger partial charge in [-0.25, -0.2) is 4.98 Å². The zero-order valence-corrected chi connectivity index (χ0v) is 16.0. The van der Waals surface area contributed by atoms with Crippen molar-refractivity contribution >= 4 is 11.7 Å². The summed E-state index contributed by atoms with van der Waals surface area (Å²) in [6.45, 7) is 0.598. The van der Waals surface area contributed by atoms with Gasteiger partial charge in [0.15, 0.2) is 11.5 Å². The Bertz CT molecular complexity index is 756. The number of pyridine rings is 1. The molecule has 0 aliphatic heterocycles. The molecule has 1 aromatic heterocycles. The van der Waals surface area contributed by atoms with Crippen LogP contribution in [0.15, 0.2) is 36.5 Å². The highest BCUT2D eigenvalue weighted by atomic mass is 16.5. The molecule has 2 aromatic rings. The molecular formula is C21H27N3O3. The summed E-state index contributed by atoms with van der Waals surface area (Å²) in [7, 11) is 3.24. The number of rotatable bonds is 7. The number of nitrogens with one attached hydrogen (secondary N) is 2. The molecule has 1 aromatic carbocycles. The van der Waals surface area contributed by atoms with Crippen LogP contribution in [0.5, 0.6) is 11.5 Å². The van der Waals surface area contributed by atoms with Crippen LogP contribution in [0.4, 0.5) is 5.82 Å². The molecule has 144 valence electrons. The standard InChI is InChI=1S/C21H27N3O3/c1-26-18-10-8-15(12-19(18)27-2)13-22-20-11-9-16(14-23-20)21(25)24-17-6-4-3-5-7-17/h8-12,14,17H,3-7,13H2,1-2H3,(H,22,23)(H,24,25). The fourth-order valence-corrected chi connectivity index (χ4v) is 3.33. The van der Waals surface area contributed by atoms with E-state index in [9.17, 15) is 4.79 Å². The van der Waals surface area contributed by atoms with Gasteiger partial charge in [0.2, 0.25) is 0 Å². The summed E-state index contributed by atoms with van der Waals surface area (Å²) in [4.78, 5) is 16.7. The Morgan fingerprint density at radius 3 is 2.52 bits per heavy atom. The third-order valence-electron chi connectivity index (χ3n) is 4.89. The van der Waals surface area contributed by atoms with Gasteiger partial charge in [-0.05, 0) is 42.7 Å². The Kier molecular flexibility index (Phi) is 6.52. The Morgan fingerprint density at radius 1 is 1.07 bits per heavy atom. The van der Waals surface area contributed by atoms with Crippen LogP contribution in [-0.2, 0) is 6.54 Å². The molecular weight excluding hydrogens is 342 g/mol. The topological polar surface area (TPSA) is 72.5 Å². The molecule has 27 heavy (non-hydrogen) atoms. The zero-order valence-electron chi connectivity index (χ0n) is 16.0. The monoisotopic (exact) mass is 369 g/mol. The fourth-order valence-electron chi connectivity index (χ4n) is 3.33. The number of nitrogens with zero attached hydrogens (tertiary/aromatic N) is 1. The van der Waals surface area contributed by atoms with E-state index >= 15 is 0 Å². The third-order valence-corrected chi connectivity index (χ3v) is 4.89. The summed E-state index contributed by atoms with van der Waals surface area (Å²) in [5.41, 5.74) is 1.64. The van der Waals surface area contributed by atoms with Crippen LogP contribution < -0.4 is 20.1 Å². The van der Waals surface area contributed by atoms with Gasteiger partial charge in [0.25, 0.3) is 5.91 Å². The van der Waals surface area contributed by atoms with Gasteiger partial charge in [-0.1, -0.05) is 25.3 Å². The molecule has 1 aliphatic rings. The van der Waals surface area contributed by atoms with Crippen molar-refractivity contribution in [1.29, 1.82) is 0 Å². The minimum absolute atomic E-state index is 0.0409. The van der Waals surface area contributed by atoms with Crippen LogP contribution in [0.3, 0.4) is 0 Å². The average molecular weight is 369 g/mol. The van der Waals surface area contributed by atoms with Gasteiger partial charge in [-0.15, -0.1) is 0 Å². The van der Waals surface area contributed by atoms with Gasteiger partial charge in [0.1, 0.15) is 5.82 Å². The van der Waals surface area contributed by atoms with Crippen LogP contribution in [-0.4, -0.2) is 31.2 Å². The van der Waals surface area contributed by atoms with Crippen molar-refractivity contribution < 1.29 is 14.3 Å². The summed E-state index contributed by atoms with van der Waals surface area (Å²) in [5, 5.41) is 6.37. The summed E-state index contributed by atoms with van der Waals surface area (Å²) >= 11 is 0. The van der Waals surface area contributed by atoms with Gasteiger partial charge in [0.05, 0.1) is 19.8 Å². The van der Waals surface area contributed by atoms with E-state index in [1.54, 1.807) is 20.4 Å². The molecule has 1 amide bonds. The first kappa shape index (κ1) is 19.0. The molecule has 0 radical (unpaired) electrons. The second-order valence-electron chi connectivity index (χ2n) is 6.78. The van der Waals surface area contributed by atoms with E-state index in [2.05, 4.69) is 15.6 Å². The molecule has 6 heteroatoms. The van der Waals surface area contributed by atoms with Crippen LogP contribution in [0.25, 0.3) is 0 Å². The highest BCUT2D eigenvalue weighted by molar-refractivity contribution is 5.94. The number of amides is 1. The maximum absolute atomic E-state index is 12.3. The number of hydrogen-bond donors (Lipinski definition) is 2. The number of carbonyl (C=O) groups is 1. The predicted octanol–water partition coefficient (Wildman–Crippen LogP) is 3.77. The summed E-state index contributed by atoms with van der Waals surface area (Å²) < 4.78 is 10.6. The van der Waals surface area contributed by atoms with E-state index in [0.717, 1.165) is 24.2 Å². The number of benzene rings is 1. The Balaban J connectivity index is 1.55. The van der Waals surface area contributed by atoms with Gasteiger partial charge >= 0.3 is 0 Å². The molecule has 1 saturated carbocycles. The van der Waals surface area contributed by atoms with Crippen molar-refractivity contribution in [3.8, 4) is 11.5 Å². The van der Waals surface area contributed by atoms with Crippen molar-refractivity contribution in [1.82, 2.24) is 10.3 Å². The molecule has 1 aliphatic carbocycles. The summed E-state index contributed by atoms with van der Waals surface area (Å²) in [6, 6.07) is 9.72. The Hall–Kier alpha value is -2.76. The van der Waals surface area contributed by atoms with Gasteiger partial charge in [0, 0.05) is 18.8 Å². The van der Waals surface area contributed by atoms with Crippen LogP contribution in [0.2, 0.25) is 0 Å². The maximum Gasteiger partial charge on any atom is 0.253 e. The lowest BCUT2D eigenvalue weighted by molar-refractivity contribution is 0.0927. The molecule has 1 fully saturated rings. The maximum atomic E-state index is 12.3. The first-order valence-corrected chi connectivity index (χ1v) is 9.41. The molecule has 3 rings (SSSR count). The van der Waals surface area contributed by atoms with E-state index in [1.807, 2.05) is 30.3 Å². The van der Waals surface area contributed by atoms with Crippen molar-refractivity contribution in [2.75, 3.05) is 19.5 Å². The molecule has 0 spiro atoms. The van der Waals surface area contributed by atoms with Crippen LogP contribution >= 0.6 is 0 Å². The van der Waals surface area contributed by atoms with Gasteiger partial charge < -0.3 is 20.1 Å². The van der Waals surface area contributed by atoms with Gasteiger partial charge in [-0.3, -0.25) is 4.79 Å². The number of hydrogen-bond acceptors (Lipinski definition) is 5. The molecule has 2 N–H and O–H groups in total. The fraction of sp³-hybridized carbons (Fsp3) is 0.429. The normalized spacial score (nSPS) is 14.4. The molecule has 0 atom stereocenters. The molecule has 0 unspecified atom stereocenters. The molecule has 1 heterocycles. The summed E-state index contributed by atoms with van der Waals surface area (Å²) in [5.74, 6) is 2.08. The quantitative estimate of drug-likeness (QED) is 0.777. The summed E-state index contributed by atoms with van der Waals surface area (Å²) in [6.07, 6.45) is 7.43. The lowest BCUT2D eigenvalue weighted by Crippen LogP contribution is -2.36. The number of aromatic nitrogens is 1. The largest absolute Gasteiger partial charge is 0.493 e. The van der Waals surface area contributed by atoms with E-state index < -0.39 is 0 Å². The second kappa shape index (κ2) is 9.26. The lowest BCUT2D eigenvalue weighted by Gasteiger charge is -2.22. The third kappa shape index (κ3) is 5.12. The highest BCUT2D eigenvalue weighted by Gasteiger charge is 2.16. The molecule has 0 bridgehead atoms. The van der Waals surface area contributed by atoms with Crippen molar-refractivity contribution in [2.24, 2.45) is 0 Å². The number of carbonyl (C=O) groups excluding carboxylic acids is 1. The van der Waals surface area contributed by atoms with Crippen molar-refractivity contribution in [3.63, 3.8) is 0 Å². The number of anilines is 1. The van der Waals surface area contributed by atoms with Crippen LogP contribution in [0.1, 0.15) is 48.0 Å². The zero-order chi connectivity index (χ0) is 19.1. The van der Waals surface area contributed by atoms with Crippen molar-refractivity contribution in [2.45, 2.75) is 44.7 Å². The second-order valence-corrected chi connectivity index (χ2v) is 6.78. The molecule has 0 saturated heterocycles. The van der Waals surface area contributed by atoms with E-state index in [1.165, 1.54) is 19.3 Å². The Labute approximate surface area is 160 Å². The highest BCUT2D eigenvalue weighted by Crippen LogP contribution is 2.27. The SMILES string of the molecule is COc1ccc(CNc2ccc(C(=O)NC3CCCCC3)cn2)cc1OC. The predicted molar refractivity (Wildman–Crippen MR) is 105 cm³/mol. The first-order chi connectivity index (χ1) is 13.2. The smallest absolute Gasteiger partial charge is 0.253 e. The van der Waals surface area contributed by atoms with Crippen molar-refractivity contribution in [3.05, 3.63) is 47.7 Å².